The molecule has 2 saturated heterocycles. The molecule has 3 aromatic rings. The molecule has 1 aromatic heterocycles. The van der Waals surface area contributed by atoms with Gasteiger partial charge in [-0.05, 0) is 41.0 Å². The number of piperazine rings is 1. The number of ether oxygens (including phenoxy) is 1. The average molecular weight is 444 g/mol. The summed E-state index contributed by atoms with van der Waals surface area (Å²) in [7, 11) is 1.64. The van der Waals surface area contributed by atoms with Crippen molar-refractivity contribution < 1.29 is 19.4 Å². The number of rotatable bonds is 5. The van der Waals surface area contributed by atoms with Crippen molar-refractivity contribution in [1.29, 1.82) is 0 Å². The topological polar surface area (TPSA) is 83.0 Å². The average Bonchev–Trinajstić information content (AvgIpc) is 2.86. The first-order valence-electron chi connectivity index (χ1n) is 11.0. The monoisotopic (exact) mass is 443 g/mol. The Hall–Kier alpha value is -3.71. The molecule has 168 valence electrons. The van der Waals surface area contributed by atoms with Gasteiger partial charge < -0.3 is 19.6 Å². The maximum absolute atomic E-state index is 12.9. The molecule has 33 heavy (non-hydrogen) atoms. The van der Waals surface area contributed by atoms with E-state index in [9.17, 15) is 14.7 Å². The summed E-state index contributed by atoms with van der Waals surface area (Å²) in [5.41, 5.74) is 3.68. The zero-order valence-corrected chi connectivity index (χ0v) is 18.3. The first-order chi connectivity index (χ1) is 16.1. The Morgan fingerprint density at radius 2 is 1.79 bits per heavy atom. The molecule has 2 amide bonds. The van der Waals surface area contributed by atoms with Crippen LogP contribution in [0.5, 0.6) is 5.75 Å². The van der Waals surface area contributed by atoms with E-state index in [4.69, 9.17) is 4.74 Å². The highest BCUT2D eigenvalue weighted by Crippen LogP contribution is 2.43. The summed E-state index contributed by atoms with van der Waals surface area (Å²) in [5.74, 6) is 0.447. The van der Waals surface area contributed by atoms with E-state index < -0.39 is 0 Å². The highest BCUT2D eigenvalue weighted by Gasteiger charge is 2.54. The normalized spacial score (nSPS) is 21.9. The number of hydrogen-bond acceptors (Lipinski definition) is 5. The Kier molecular flexibility index (Phi) is 5.56. The Bertz CT molecular complexity index is 1150. The minimum Gasteiger partial charge on any atom is -0.497 e. The smallest absolute Gasteiger partial charge is 0.255 e. The van der Waals surface area contributed by atoms with Crippen molar-refractivity contribution >= 4 is 11.8 Å². The number of benzene rings is 2. The number of carbonyl (C=O) groups is 2. The van der Waals surface area contributed by atoms with Crippen molar-refractivity contribution in [1.82, 2.24) is 14.8 Å². The number of pyridine rings is 1. The second kappa shape index (κ2) is 8.67. The molecule has 3 heterocycles. The van der Waals surface area contributed by atoms with E-state index in [1.807, 2.05) is 24.3 Å². The van der Waals surface area contributed by atoms with E-state index >= 15 is 0 Å². The van der Waals surface area contributed by atoms with Gasteiger partial charge in [-0.3, -0.25) is 14.6 Å². The highest BCUT2D eigenvalue weighted by atomic mass is 16.5. The van der Waals surface area contributed by atoms with E-state index in [0.717, 1.165) is 22.4 Å². The van der Waals surface area contributed by atoms with E-state index in [2.05, 4.69) is 29.2 Å². The summed E-state index contributed by atoms with van der Waals surface area (Å²) in [5, 5.41) is 10.0. The van der Waals surface area contributed by atoms with Gasteiger partial charge in [-0.1, -0.05) is 36.4 Å². The maximum atomic E-state index is 12.9. The Morgan fingerprint density at radius 1 is 1.09 bits per heavy atom. The molecule has 1 N–H and O–H groups in total. The number of nitrogens with zero attached hydrogens (tertiary/aromatic N) is 3. The van der Waals surface area contributed by atoms with Gasteiger partial charge in [-0.15, -0.1) is 0 Å². The number of aliphatic hydroxyl groups excluding tert-OH is 1. The fraction of sp³-hybridized carbons (Fsp3) is 0.269. The second-order valence-electron chi connectivity index (χ2n) is 8.42. The van der Waals surface area contributed by atoms with Gasteiger partial charge in [0.2, 0.25) is 5.91 Å². The van der Waals surface area contributed by atoms with Gasteiger partial charge in [0.1, 0.15) is 12.3 Å². The molecule has 5 rings (SSSR count). The first kappa shape index (κ1) is 21.2. The molecule has 7 heteroatoms. The van der Waals surface area contributed by atoms with Crippen LogP contribution in [-0.4, -0.2) is 70.6 Å². The molecule has 2 aromatic carbocycles. The molecule has 3 atom stereocenters. The van der Waals surface area contributed by atoms with Crippen molar-refractivity contribution in [3.05, 3.63) is 84.2 Å². The number of fused-ring (bicyclic) bond motifs is 1. The van der Waals surface area contributed by atoms with Crippen LogP contribution < -0.4 is 4.74 Å². The van der Waals surface area contributed by atoms with Crippen LogP contribution in [-0.2, 0) is 4.79 Å². The fourth-order valence-electron chi connectivity index (χ4n) is 5.01. The van der Waals surface area contributed by atoms with Gasteiger partial charge in [0.15, 0.2) is 0 Å². The Morgan fingerprint density at radius 3 is 2.39 bits per heavy atom. The molecule has 0 saturated carbocycles. The number of methoxy groups -OCH3 is 1. The van der Waals surface area contributed by atoms with Gasteiger partial charge in [0.25, 0.3) is 5.91 Å². The van der Waals surface area contributed by atoms with Gasteiger partial charge in [0, 0.05) is 24.9 Å². The van der Waals surface area contributed by atoms with E-state index in [-0.39, 0.29) is 43.0 Å². The van der Waals surface area contributed by atoms with Gasteiger partial charge >= 0.3 is 0 Å². The number of carbonyl (C=O) groups excluding carboxylic acids is 2. The predicted molar refractivity (Wildman–Crippen MR) is 123 cm³/mol. The van der Waals surface area contributed by atoms with E-state index in [0.29, 0.717) is 12.1 Å². The lowest BCUT2D eigenvalue weighted by molar-refractivity contribution is -0.159. The SMILES string of the molecule is COc1ccc(-c2ccc([C@H]3[C@H](CO)N4C(=O)CN(C(=O)c5cccnc5)C[C@@H]34)cc2)cc1. The standard InChI is InChI=1S/C26H25N3O4/c1-33-21-10-8-18(9-11-21)17-4-6-19(7-5-17)25-22-14-28(15-24(31)29(22)23(25)16-30)26(32)20-3-2-12-27-13-20/h2-13,22-23,25,30H,14-16H2,1H3/t22-,23-,25+/m0/s1. The maximum Gasteiger partial charge on any atom is 0.255 e. The van der Waals surface area contributed by atoms with E-state index in [1.165, 1.54) is 6.20 Å². The van der Waals surface area contributed by atoms with Crippen LogP contribution in [0.15, 0.2) is 73.1 Å². The molecule has 2 aliphatic heterocycles. The lowest BCUT2D eigenvalue weighted by Gasteiger charge is -2.58. The highest BCUT2D eigenvalue weighted by molar-refractivity contribution is 5.97. The lowest BCUT2D eigenvalue weighted by atomic mass is 9.73. The third kappa shape index (κ3) is 3.74. The molecule has 0 bridgehead atoms. The van der Waals surface area contributed by atoms with Crippen LogP contribution in [0.2, 0.25) is 0 Å². The summed E-state index contributed by atoms with van der Waals surface area (Å²) < 4.78 is 5.23. The molecule has 2 aliphatic rings. The van der Waals surface area contributed by atoms with Crippen LogP contribution in [0.1, 0.15) is 21.8 Å². The fourth-order valence-corrected chi connectivity index (χ4v) is 5.01. The minimum absolute atomic E-state index is 0.0177. The molecular weight excluding hydrogens is 418 g/mol. The van der Waals surface area contributed by atoms with Crippen LogP contribution in [0.25, 0.3) is 11.1 Å². The summed E-state index contributed by atoms with van der Waals surface area (Å²) >= 11 is 0. The third-order valence-electron chi connectivity index (χ3n) is 6.67. The molecular formula is C26H25N3O4. The van der Waals surface area contributed by atoms with E-state index in [1.54, 1.807) is 35.2 Å². The molecule has 0 unspecified atom stereocenters. The first-order valence-corrected chi connectivity index (χ1v) is 11.0. The minimum atomic E-state index is -0.273. The van der Waals surface area contributed by atoms with Crippen LogP contribution >= 0.6 is 0 Å². The summed E-state index contributed by atoms with van der Waals surface area (Å²) in [4.78, 5) is 33.1. The Balaban J connectivity index is 1.37. The second-order valence-corrected chi connectivity index (χ2v) is 8.42. The Labute approximate surface area is 192 Å². The zero-order valence-electron chi connectivity index (χ0n) is 18.3. The quantitative estimate of drug-likeness (QED) is 0.655. The van der Waals surface area contributed by atoms with Crippen LogP contribution in [0, 0.1) is 0 Å². The predicted octanol–water partition coefficient (Wildman–Crippen LogP) is 2.57. The van der Waals surface area contributed by atoms with Crippen molar-refractivity contribution in [2.45, 2.75) is 18.0 Å². The van der Waals surface area contributed by atoms with Crippen molar-refractivity contribution in [3.8, 4) is 16.9 Å². The molecule has 0 spiro atoms. The van der Waals surface area contributed by atoms with Gasteiger partial charge in [0.05, 0.1) is 31.4 Å². The van der Waals surface area contributed by atoms with Gasteiger partial charge in [-0.25, -0.2) is 0 Å². The summed E-state index contributed by atoms with van der Waals surface area (Å²) in [6.07, 6.45) is 3.13. The largest absolute Gasteiger partial charge is 0.497 e. The third-order valence-corrected chi connectivity index (χ3v) is 6.67. The van der Waals surface area contributed by atoms with Crippen molar-refractivity contribution in [2.75, 3.05) is 26.8 Å². The number of aliphatic hydroxyl groups is 1. The van der Waals surface area contributed by atoms with Crippen LogP contribution in [0.4, 0.5) is 0 Å². The molecule has 2 fully saturated rings. The molecule has 7 nitrogen and oxygen atoms in total. The van der Waals surface area contributed by atoms with Crippen molar-refractivity contribution in [3.63, 3.8) is 0 Å². The lowest BCUT2D eigenvalue weighted by Crippen LogP contribution is -2.73. The molecule has 0 radical (unpaired) electrons. The number of hydrogen-bond donors (Lipinski definition) is 1. The summed E-state index contributed by atoms with van der Waals surface area (Å²) in [6.45, 7) is 0.342. The number of aromatic nitrogens is 1. The summed E-state index contributed by atoms with van der Waals surface area (Å²) in [6, 6.07) is 19.1. The zero-order chi connectivity index (χ0) is 22.9. The molecule has 0 aliphatic carbocycles. The van der Waals surface area contributed by atoms with Crippen LogP contribution in [0.3, 0.4) is 0 Å². The van der Waals surface area contributed by atoms with Gasteiger partial charge in [-0.2, -0.15) is 0 Å². The van der Waals surface area contributed by atoms with Crippen molar-refractivity contribution in [2.24, 2.45) is 0 Å². The number of amides is 2.